The predicted octanol–water partition coefficient (Wildman–Crippen LogP) is 3.16. The van der Waals surface area contributed by atoms with E-state index >= 15 is 0 Å². The highest BCUT2D eigenvalue weighted by atomic mass is 16.5. The zero-order valence-corrected chi connectivity index (χ0v) is 19.4. The van der Waals surface area contributed by atoms with Gasteiger partial charge in [-0.05, 0) is 36.8 Å². The highest BCUT2D eigenvalue weighted by Crippen LogP contribution is 2.31. The van der Waals surface area contributed by atoms with Crippen molar-refractivity contribution in [3.63, 3.8) is 0 Å². The molecule has 1 aliphatic rings. The quantitative estimate of drug-likeness (QED) is 0.535. The van der Waals surface area contributed by atoms with Gasteiger partial charge in [0.15, 0.2) is 23.0 Å². The molecule has 0 radical (unpaired) electrons. The molecule has 1 amide bonds. The third-order valence-corrected chi connectivity index (χ3v) is 5.48. The molecule has 178 valence electrons. The normalized spacial score (nSPS) is 13.0. The molecule has 0 fully saturated rings. The first kappa shape index (κ1) is 23.2. The number of carbonyl (C=O) groups is 1. The van der Waals surface area contributed by atoms with Crippen LogP contribution in [0.4, 0.5) is 0 Å². The maximum atomic E-state index is 12.9. The minimum atomic E-state index is -0.313. The van der Waals surface area contributed by atoms with E-state index in [2.05, 4.69) is 9.97 Å². The molecule has 9 nitrogen and oxygen atoms in total. The lowest BCUT2D eigenvalue weighted by Gasteiger charge is -2.19. The fraction of sp³-hybridized carbons (Fsp3) is 0.320. The van der Waals surface area contributed by atoms with Crippen molar-refractivity contribution in [1.82, 2.24) is 14.9 Å². The number of likely N-dealkylation sites (N-methyl/N-ethyl adjacent to an activating group) is 1. The molecule has 4 rings (SSSR count). The number of aromatic amines is 1. The largest absolute Gasteiger partial charge is 0.493 e. The maximum Gasteiger partial charge on any atom is 0.258 e. The van der Waals surface area contributed by atoms with Gasteiger partial charge in [0.25, 0.3) is 5.56 Å². The van der Waals surface area contributed by atoms with Crippen LogP contribution in [0.1, 0.15) is 24.7 Å². The molecule has 1 aliphatic heterocycles. The summed E-state index contributed by atoms with van der Waals surface area (Å²) in [7, 11) is 3.02. The second-order valence-electron chi connectivity index (χ2n) is 7.68. The average molecular weight is 466 g/mol. The molecule has 0 saturated heterocycles. The van der Waals surface area contributed by atoms with Gasteiger partial charge in [-0.2, -0.15) is 0 Å². The van der Waals surface area contributed by atoms with Crippen LogP contribution in [0.25, 0.3) is 17.0 Å². The lowest BCUT2D eigenvalue weighted by Crippen LogP contribution is -2.30. The molecule has 0 spiro atoms. The smallest absolute Gasteiger partial charge is 0.258 e. The Morgan fingerprint density at radius 2 is 1.85 bits per heavy atom. The lowest BCUT2D eigenvalue weighted by molar-refractivity contribution is -0.126. The predicted molar refractivity (Wildman–Crippen MR) is 128 cm³/mol. The second kappa shape index (κ2) is 10.3. The number of methoxy groups -OCH3 is 2. The van der Waals surface area contributed by atoms with Crippen LogP contribution < -0.4 is 24.5 Å². The standard InChI is InChI=1S/C25H27N3O6/c1-4-28(24(29)9-7-16-6-8-19-22(12-16)34-11-5-10-33-19)15-23-26-18-14-21(32-3)20(31-2)13-17(18)25(30)27-23/h6-9,12-14H,4-5,10-11,15H2,1-3H3,(H,26,27,30)/b9-7+. The Hall–Kier alpha value is -4.01. The first-order valence-corrected chi connectivity index (χ1v) is 11.0. The van der Waals surface area contributed by atoms with Crippen molar-refractivity contribution in [3.05, 3.63) is 58.1 Å². The van der Waals surface area contributed by atoms with Crippen LogP contribution in [0.15, 0.2) is 41.2 Å². The molecular weight excluding hydrogens is 438 g/mol. The molecule has 9 heteroatoms. The zero-order chi connectivity index (χ0) is 24.1. The van der Waals surface area contributed by atoms with Gasteiger partial charge in [0, 0.05) is 25.1 Å². The minimum absolute atomic E-state index is 0.153. The van der Waals surface area contributed by atoms with E-state index in [9.17, 15) is 9.59 Å². The van der Waals surface area contributed by atoms with Crippen LogP contribution in [-0.2, 0) is 11.3 Å². The van der Waals surface area contributed by atoms with Crippen molar-refractivity contribution in [2.75, 3.05) is 34.0 Å². The Morgan fingerprint density at radius 3 is 2.59 bits per heavy atom. The molecular formula is C25H27N3O6. The highest BCUT2D eigenvalue weighted by Gasteiger charge is 2.15. The molecule has 0 aliphatic carbocycles. The van der Waals surface area contributed by atoms with E-state index in [1.54, 1.807) is 23.1 Å². The third-order valence-electron chi connectivity index (χ3n) is 5.48. The van der Waals surface area contributed by atoms with Crippen molar-refractivity contribution in [2.45, 2.75) is 19.9 Å². The van der Waals surface area contributed by atoms with E-state index < -0.39 is 0 Å². The molecule has 0 saturated carbocycles. The summed E-state index contributed by atoms with van der Waals surface area (Å²) >= 11 is 0. The number of amides is 1. The molecule has 0 atom stereocenters. The van der Waals surface area contributed by atoms with Gasteiger partial charge in [-0.25, -0.2) is 4.98 Å². The van der Waals surface area contributed by atoms with Crippen molar-refractivity contribution in [3.8, 4) is 23.0 Å². The Labute approximate surface area is 196 Å². The van der Waals surface area contributed by atoms with Gasteiger partial charge in [0.2, 0.25) is 5.91 Å². The van der Waals surface area contributed by atoms with Crippen molar-refractivity contribution < 1.29 is 23.7 Å². The van der Waals surface area contributed by atoms with Crippen LogP contribution in [0.5, 0.6) is 23.0 Å². The Kier molecular flexibility index (Phi) is 7.01. The van der Waals surface area contributed by atoms with Gasteiger partial charge in [-0.15, -0.1) is 0 Å². The van der Waals surface area contributed by atoms with Crippen LogP contribution in [-0.4, -0.2) is 54.8 Å². The van der Waals surface area contributed by atoms with Gasteiger partial charge in [-0.3, -0.25) is 9.59 Å². The Balaban J connectivity index is 1.53. The average Bonchev–Trinajstić information content (AvgIpc) is 3.10. The SMILES string of the molecule is CCN(Cc1nc2cc(OC)c(OC)cc2c(=O)[nH]1)C(=O)/C=C/c1ccc2c(c1)OCCCO2. The van der Waals surface area contributed by atoms with Crippen LogP contribution in [0.2, 0.25) is 0 Å². The van der Waals surface area contributed by atoms with E-state index in [-0.39, 0.29) is 18.0 Å². The number of hydrogen-bond acceptors (Lipinski definition) is 7. The molecule has 1 N–H and O–H groups in total. The van der Waals surface area contributed by atoms with E-state index in [1.165, 1.54) is 20.3 Å². The molecule has 2 heterocycles. The number of benzene rings is 2. The molecule has 0 bridgehead atoms. The minimum Gasteiger partial charge on any atom is -0.493 e. The van der Waals surface area contributed by atoms with E-state index in [0.29, 0.717) is 59.5 Å². The van der Waals surface area contributed by atoms with Crippen LogP contribution in [0.3, 0.4) is 0 Å². The van der Waals surface area contributed by atoms with Crippen LogP contribution in [0, 0.1) is 0 Å². The summed E-state index contributed by atoms with van der Waals surface area (Å²) in [5, 5.41) is 0.380. The summed E-state index contributed by atoms with van der Waals surface area (Å²) in [6, 6.07) is 8.80. The second-order valence-corrected chi connectivity index (χ2v) is 7.68. The van der Waals surface area contributed by atoms with E-state index in [4.69, 9.17) is 18.9 Å². The zero-order valence-electron chi connectivity index (χ0n) is 19.4. The summed E-state index contributed by atoms with van der Waals surface area (Å²) in [6.07, 6.45) is 4.05. The van der Waals surface area contributed by atoms with Gasteiger partial charge in [0.1, 0.15) is 5.82 Å². The van der Waals surface area contributed by atoms with Gasteiger partial charge in [0.05, 0.1) is 44.9 Å². The lowest BCUT2D eigenvalue weighted by atomic mass is 10.2. The topological polar surface area (TPSA) is 103 Å². The van der Waals surface area contributed by atoms with Crippen LogP contribution >= 0.6 is 0 Å². The number of aromatic nitrogens is 2. The van der Waals surface area contributed by atoms with Gasteiger partial charge >= 0.3 is 0 Å². The van der Waals surface area contributed by atoms with Crippen molar-refractivity contribution in [1.29, 1.82) is 0 Å². The number of rotatable bonds is 7. The Bertz CT molecular complexity index is 1280. The summed E-state index contributed by atoms with van der Waals surface area (Å²) in [6.45, 7) is 3.68. The highest BCUT2D eigenvalue weighted by molar-refractivity contribution is 5.92. The number of H-pyrrole nitrogens is 1. The summed E-state index contributed by atoms with van der Waals surface area (Å²) in [5.74, 6) is 2.47. The summed E-state index contributed by atoms with van der Waals surface area (Å²) in [5.41, 5.74) is 0.974. The monoisotopic (exact) mass is 465 g/mol. The van der Waals surface area contributed by atoms with Crippen molar-refractivity contribution in [2.24, 2.45) is 0 Å². The van der Waals surface area contributed by atoms with Crippen molar-refractivity contribution >= 4 is 22.9 Å². The molecule has 0 unspecified atom stereocenters. The number of carbonyl (C=O) groups excluding carboxylic acids is 1. The number of fused-ring (bicyclic) bond motifs is 2. The molecule has 2 aromatic carbocycles. The fourth-order valence-corrected chi connectivity index (χ4v) is 3.67. The first-order chi connectivity index (χ1) is 16.5. The Morgan fingerprint density at radius 1 is 1.12 bits per heavy atom. The maximum absolute atomic E-state index is 12.9. The first-order valence-electron chi connectivity index (χ1n) is 11.0. The van der Waals surface area contributed by atoms with E-state index in [1.807, 2.05) is 25.1 Å². The number of nitrogens with zero attached hydrogens (tertiary/aromatic N) is 2. The number of ether oxygens (including phenoxy) is 4. The molecule has 34 heavy (non-hydrogen) atoms. The summed E-state index contributed by atoms with van der Waals surface area (Å²) < 4.78 is 21.9. The number of hydrogen-bond donors (Lipinski definition) is 1. The molecule has 3 aromatic rings. The number of nitrogens with one attached hydrogen (secondary N) is 1. The fourth-order valence-electron chi connectivity index (χ4n) is 3.67. The van der Waals surface area contributed by atoms with Gasteiger partial charge in [-0.1, -0.05) is 6.07 Å². The summed E-state index contributed by atoms with van der Waals surface area (Å²) in [4.78, 5) is 34.4. The third kappa shape index (κ3) is 4.98. The van der Waals surface area contributed by atoms with Gasteiger partial charge < -0.3 is 28.8 Å². The molecule has 1 aromatic heterocycles. The van der Waals surface area contributed by atoms with E-state index in [0.717, 1.165) is 12.0 Å².